The second-order valence-electron chi connectivity index (χ2n) is 9.82. The summed E-state index contributed by atoms with van der Waals surface area (Å²) in [7, 11) is 1.60. The zero-order valence-corrected chi connectivity index (χ0v) is 21.6. The normalized spacial score (nSPS) is 14.9. The van der Waals surface area contributed by atoms with Crippen LogP contribution in [0.15, 0.2) is 47.6 Å². The Morgan fingerprint density at radius 3 is 2.32 bits per heavy atom. The minimum Gasteiger partial charge on any atom is -0.508 e. The molecular formula is C28H40O6. The summed E-state index contributed by atoms with van der Waals surface area (Å²) in [6.45, 7) is 10.2. The van der Waals surface area contributed by atoms with Crippen LogP contribution in [0.1, 0.15) is 71.4 Å². The lowest BCUT2D eigenvalue weighted by atomic mass is 9.91. The Morgan fingerprint density at radius 2 is 1.74 bits per heavy atom. The Balaban J connectivity index is 2.62. The Morgan fingerprint density at radius 1 is 1.09 bits per heavy atom. The molecule has 6 heteroatoms. The molecule has 0 saturated carbocycles. The van der Waals surface area contributed by atoms with Gasteiger partial charge in [0.25, 0.3) is 0 Å². The molecule has 0 heterocycles. The van der Waals surface area contributed by atoms with E-state index in [0.29, 0.717) is 19.3 Å². The first-order chi connectivity index (χ1) is 15.6. The van der Waals surface area contributed by atoms with E-state index < -0.39 is 17.0 Å². The first-order valence-electron chi connectivity index (χ1n) is 11.5. The van der Waals surface area contributed by atoms with Gasteiger partial charge >= 0.3 is 0 Å². The number of hydrogen-bond acceptors (Lipinski definition) is 6. The van der Waals surface area contributed by atoms with E-state index in [-0.39, 0.29) is 24.4 Å². The molecule has 0 aromatic heterocycles. The Hall–Kier alpha value is -2.70. The number of rotatable bonds is 13. The van der Waals surface area contributed by atoms with E-state index in [2.05, 4.69) is 0 Å². The number of ether oxygens (including phenoxy) is 1. The average Bonchev–Trinajstić information content (AvgIpc) is 2.69. The third kappa shape index (κ3) is 10.5. The van der Waals surface area contributed by atoms with Crippen LogP contribution in [0.4, 0.5) is 0 Å². The van der Waals surface area contributed by atoms with Gasteiger partial charge in [-0.2, -0.15) is 0 Å². The van der Waals surface area contributed by atoms with Crippen LogP contribution in [-0.4, -0.2) is 45.2 Å². The van der Waals surface area contributed by atoms with Crippen molar-refractivity contribution in [3.8, 4) is 11.5 Å². The van der Waals surface area contributed by atoms with Crippen LogP contribution < -0.4 is 4.74 Å². The minimum atomic E-state index is -1.52. The largest absolute Gasteiger partial charge is 0.508 e. The summed E-state index contributed by atoms with van der Waals surface area (Å²) < 4.78 is 5.43. The zero-order valence-electron chi connectivity index (χ0n) is 21.6. The molecule has 0 bridgehead atoms. The SMILES string of the molecule is COc1c(C)cc(O)cc1C/C=C(\C)CC(=O)/C=C(\C)CCC[C@](C)(O)C(=O)/C=C/C(C)(C)O. The summed E-state index contributed by atoms with van der Waals surface area (Å²) in [6.07, 6.45) is 8.38. The van der Waals surface area contributed by atoms with Gasteiger partial charge in [-0.25, -0.2) is 0 Å². The van der Waals surface area contributed by atoms with Crippen molar-refractivity contribution in [2.75, 3.05) is 7.11 Å². The second-order valence-corrected chi connectivity index (χ2v) is 9.82. The highest BCUT2D eigenvalue weighted by Gasteiger charge is 2.27. The molecule has 1 atom stereocenters. The van der Waals surface area contributed by atoms with Crippen LogP contribution in [0, 0.1) is 6.92 Å². The van der Waals surface area contributed by atoms with Crippen LogP contribution in [0.2, 0.25) is 0 Å². The number of phenolic OH excluding ortho intramolecular Hbond substituents is 1. The van der Waals surface area contributed by atoms with Crippen molar-refractivity contribution in [1.29, 1.82) is 0 Å². The fraction of sp³-hybridized carbons (Fsp3) is 0.500. The highest BCUT2D eigenvalue weighted by atomic mass is 16.5. The maximum Gasteiger partial charge on any atom is 0.186 e. The van der Waals surface area contributed by atoms with E-state index in [9.17, 15) is 24.9 Å². The number of aryl methyl sites for hydroxylation is 1. The standard InChI is InChI=1S/C28H40O6/c1-19(9-8-13-28(6,33)25(31)12-14-27(4,5)32)15-23(29)16-20(2)10-11-22-18-24(30)17-21(3)26(22)34-7/h10,12,14-15,17-18,30,32-33H,8-9,11,13,16H2,1-7H3/b14-12+,19-15+,20-10+/t28-/m0/s1. The van der Waals surface area contributed by atoms with Crippen LogP contribution in [0.25, 0.3) is 0 Å². The number of aliphatic hydroxyl groups is 2. The second kappa shape index (κ2) is 12.7. The van der Waals surface area contributed by atoms with Gasteiger partial charge < -0.3 is 20.1 Å². The molecule has 0 amide bonds. The van der Waals surface area contributed by atoms with Crippen LogP contribution in [-0.2, 0) is 16.0 Å². The predicted molar refractivity (Wildman–Crippen MR) is 135 cm³/mol. The molecule has 0 aliphatic rings. The lowest BCUT2D eigenvalue weighted by Gasteiger charge is -2.20. The molecule has 1 aromatic rings. The number of ketones is 2. The lowest BCUT2D eigenvalue weighted by molar-refractivity contribution is -0.131. The third-order valence-corrected chi connectivity index (χ3v) is 5.48. The average molecular weight is 473 g/mol. The van der Waals surface area contributed by atoms with Crippen molar-refractivity contribution in [1.82, 2.24) is 0 Å². The van der Waals surface area contributed by atoms with Crippen molar-refractivity contribution in [2.45, 2.75) is 84.8 Å². The Kier molecular flexibility index (Phi) is 10.9. The molecule has 6 nitrogen and oxygen atoms in total. The van der Waals surface area contributed by atoms with Gasteiger partial charge in [-0.3, -0.25) is 9.59 Å². The Bertz CT molecular complexity index is 958. The van der Waals surface area contributed by atoms with Gasteiger partial charge in [0.1, 0.15) is 17.1 Å². The third-order valence-electron chi connectivity index (χ3n) is 5.48. The van der Waals surface area contributed by atoms with E-state index in [1.807, 2.05) is 26.8 Å². The van der Waals surface area contributed by atoms with Crippen molar-refractivity contribution >= 4 is 11.6 Å². The Labute approximate surface area is 203 Å². The molecule has 0 aliphatic carbocycles. The molecule has 3 N–H and O–H groups in total. The predicted octanol–water partition coefficient (Wildman–Crippen LogP) is 4.92. The summed E-state index contributed by atoms with van der Waals surface area (Å²) in [5.41, 5.74) is 0.884. The van der Waals surface area contributed by atoms with Gasteiger partial charge in [-0.1, -0.05) is 23.3 Å². The minimum absolute atomic E-state index is 0.0127. The fourth-order valence-electron chi connectivity index (χ4n) is 3.59. The number of methoxy groups -OCH3 is 1. The van der Waals surface area contributed by atoms with Crippen molar-refractivity contribution in [3.63, 3.8) is 0 Å². The summed E-state index contributed by atoms with van der Waals surface area (Å²) in [5, 5.41) is 30.0. The summed E-state index contributed by atoms with van der Waals surface area (Å²) in [6, 6.07) is 3.32. The van der Waals surface area contributed by atoms with Gasteiger partial charge in [-0.15, -0.1) is 0 Å². The van der Waals surface area contributed by atoms with Gasteiger partial charge in [0, 0.05) is 12.0 Å². The van der Waals surface area contributed by atoms with Gasteiger partial charge in [-0.05, 0) is 97.1 Å². The molecule has 0 radical (unpaired) electrons. The number of carbonyl (C=O) groups excluding carboxylic acids is 2. The zero-order chi connectivity index (χ0) is 26.1. The van der Waals surface area contributed by atoms with Gasteiger partial charge in [0.2, 0.25) is 0 Å². The van der Waals surface area contributed by atoms with E-state index >= 15 is 0 Å². The maximum atomic E-state index is 12.4. The maximum absolute atomic E-state index is 12.4. The van der Waals surface area contributed by atoms with Crippen LogP contribution >= 0.6 is 0 Å². The van der Waals surface area contributed by atoms with E-state index in [4.69, 9.17) is 4.74 Å². The quantitative estimate of drug-likeness (QED) is 0.278. The topological polar surface area (TPSA) is 104 Å². The molecule has 0 fully saturated rings. The molecule has 0 saturated heterocycles. The number of aromatic hydroxyl groups is 1. The monoisotopic (exact) mass is 472 g/mol. The molecule has 1 aromatic carbocycles. The number of benzene rings is 1. The van der Waals surface area contributed by atoms with Crippen LogP contribution in [0.5, 0.6) is 11.5 Å². The number of hydrogen-bond donors (Lipinski definition) is 3. The summed E-state index contributed by atoms with van der Waals surface area (Å²) in [4.78, 5) is 24.6. The van der Waals surface area contributed by atoms with Crippen molar-refractivity contribution in [3.05, 3.63) is 58.7 Å². The molecule has 0 aliphatic heterocycles. The van der Waals surface area contributed by atoms with E-state index in [1.165, 1.54) is 19.1 Å². The smallest absolute Gasteiger partial charge is 0.186 e. The van der Waals surface area contributed by atoms with Gasteiger partial charge in [0.15, 0.2) is 11.6 Å². The molecule has 0 unspecified atom stereocenters. The summed E-state index contributed by atoms with van der Waals surface area (Å²) >= 11 is 0. The van der Waals surface area contributed by atoms with Gasteiger partial charge in [0.05, 0.1) is 12.7 Å². The summed E-state index contributed by atoms with van der Waals surface area (Å²) in [5.74, 6) is 0.449. The number of phenols is 1. The fourth-order valence-corrected chi connectivity index (χ4v) is 3.59. The van der Waals surface area contributed by atoms with Crippen molar-refractivity contribution in [2.24, 2.45) is 0 Å². The highest BCUT2D eigenvalue weighted by Crippen LogP contribution is 2.29. The van der Waals surface area contributed by atoms with E-state index in [1.54, 1.807) is 39.2 Å². The molecule has 34 heavy (non-hydrogen) atoms. The first-order valence-corrected chi connectivity index (χ1v) is 11.5. The molecular weight excluding hydrogens is 432 g/mol. The number of allylic oxidation sites excluding steroid dienone is 4. The van der Waals surface area contributed by atoms with Crippen LogP contribution in [0.3, 0.4) is 0 Å². The van der Waals surface area contributed by atoms with E-state index in [0.717, 1.165) is 28.0 Å². The number of carbonyl (C=O) groups is 2. The first kappa shape index (κ1) is 29.3. The highest BCUT2D eigenvalue weighted by molar-refractivity contribution is 5.96. The molecule has 1 rings (SSSR count). The molecule has 0 spiro atoms. The molecule has 188 valence electrons. The lowest BCUT2D eigenvalue weighted by Crippen LogP contribution is -2.34. The van der Waals surface area contributed by atoms with Crippen molar-refractivity contribution < 1.29 is 29.6 Å².